The summed E-state index contributed by atoms with van der Waals surface area (Å²) in [6.45, 7) is 2.90. The molecule has 4 heteroatoms. The van der Waals surface area contributed by atoms with E-state index in [1.807, 2.05) is 18.2 Å². The number of para-hydroxylation sites is 2. The molecular formula is C22H21N3O. The van der Waals surface area contributed by atoms with Crippen LogP contribution in [0, 0.1) is 0 Å². The van der Waals surface area contributed by atoms with Gasteiger partial charge in [-0.25, -0.2) is 4.98 Å². The number of carbonyl (C=O) groups is 1. The molecule has 1 heterocycles. The van der Waals surface area contributed by atoms with Crippen LogP contribution in [-0.4, -0.2) is 22.0 Å². The fourth-order valence-corrected chi connectivity index (χ4v) is 3.36. The van der Waals surface area contributed by atoms with Gasteiger partial charge in [-0.3, -0.25) is 4.79 Å². The Labute approximate surface area is 152 Å². The van der Waals surface area contributed by atoms with Crippen molar-refractivity contribution in [2.45, 2.75) is 19.9 Å². The van der Waals surface area contributed by atoms with Gasteiger partial charge in [-0.05, 0) is 34.5 Å². The van der Waals surface area contributed by atoms with Crippen molar-refractivity contribution in [2.24, 2.45) is 0 Å². The predicted molar refractivity (Wildman–Crippen MR) is 105 cm³/mol. The number of rotatable bonds is 5. The van der Waals surface area contributed by atoms with Gasteiger partial charge in [0.15, 0.2) is 0 Å². The van der Waals surface area contributed by atoms with Crippen molar-refractivity contribution in [1.82, 2.24) is 14.9 Å². The van der Waals surface area contributed by atoms with Gasteiger partial charge in [-0.2, -0.15) is 0 Å². The highest BCUT2D eigenvalue weighted by molar-refractivity contribution is 5.83. The van der Waals surface area contributed by atoms with Gasteiger partial charge in [-0.15, -0.1) is 0 Å². The van der Waals surface area contributed by atoms with E-state index in [4.69, 9.17) is 4.98 Å². The normalized spacial score (nSPS) is 11.1. The lowest BCUT2D eigenvalue weighted by Gasteiger charge is -2.11. The largest absolute Gasteiger partial charge is 0.356 e. The van der Waals surface area contributed by atoms with Gasteiger partial charge in [0.2, 0.25) is 5.91 Å². The third-order valence-corrected chi connectivity index (χ3v) is 4.61. The van der Waals surface area contributed by atoms with Crippen LogP contribution >= 0.6 is 0 Å². The highest BCUT2D eigenvalue weighted by Crippen LogP contribution is 2.21. The van der Waals surface area contributed by atoms with Crippen molar-refractivity contribution in [3.8, 4) is 0 Å². The lowest BCUT2D eigenvalue weighted by molar-refractivity contribution is -0.118. The van der Waals surface area contributed by atoms with E-state index < -0.39 is 0 Å². The Morgan fingerprint density at radius 3 is 2.62 bits per heavy atom. The number of hydrogen-bond donors (Lipinski definition) is 1. The smallest absolute Gasteiger partial charge is 0.216 e. The number of nitrogens with zero attached hydrogens (tertiary/aromatic N) is 2. The topological polar surface area (TPSA) is 46.9 Å². The van der Waals surface area contributed by atoms with Crippen LogP contribution < -0.4 is 5.32 Å². The van der Waals surface area contributed by atoms with Gasteiger partial charge in [0.05, 0.1) is 11.0 Å². The van der Waals surface area contributed by atoms with Crippen LogP contribution in [0.4, 0.5) is 0 Å². The Morgan fingerprint density at radius 1 is 1.00 bits per heavy atom. The molecule has 0 aliphatic heterocycles. The van der Waals surface area contributed by atoms with E-state index in [-0.39, 0.29) is 5.91 Å². The van der Waals surface area contributed by atoms with Gasteiger partial charge >= 0.3 is 0 Å². The van der Waals surface area contributed by atoms with Crippen molar-refractivity contribution in [3.05, 3.63) is 78.1 Å². The second-order valence-electron chi connectivity index (χ2n) is 6.52. The van der Waals surface area contributed by atoms with Gasteiger partial charge < -0.3 is 9.88 Å². The Hall–Kier alpha value is -3.14. The molecule has 0 spiro atoms. The molecule has 4 rings (SSSR count). The summed E-state index contributed by atoms with van der Waals surface area (Å²) in [6.07, 6.45) is 0.710. The first-order valence-electron chi connectivity index (χ1n) is 8.87. The first kappa shape index (κ1) is 16.3. The first-order valence-corrected chi connectivity index (χ1v) is 8.87. The summed E-state index contributed by atoms with van der Waals surface area (Å²) >= 11 is 0. The number of aromatic nitrogens is 2. The molecule has 3 aromatic carbocycles. The quantitative estimate of drug-likeness (QED) is 0.597. The summed E-state index contributed by atoms with van der Waals surface area (Å²) in [5.74, 6) is 0.982. The van der Waals surface area contributed by atoms with E-state index in [9.17, 15) is 4.79 Å². The molecule has 1 N–H and O–H groups in total. The molecule has 1 amide bonds. The summed E-state index contributed by atoms with van der Waals surface area (Å²) in [7, 11) is 0. The fourth-order valence-electron chi connectivity index (χ4n) is 3.36. The van der Waals surface area contributed by atoms with Crippen LogP contribution in [0.25, 0.3) is 21.8 Å². The Kier molecular flexibility index (Phi) is 4.40. The number of nitrogens with one attached hydrogen (secondary N) is 1. The number of hydrogen-bond acceptors (Lipinski definition) is 2. The molecule has 0 saturated heterocycles. The molecule has 26 heavy (non-hydrogen) atoms. The molecule has 0 aliphatic rings. The summed E-state index contributed by atoms with van der Waals surface area (Å²) in [6, 6.07) is 23.2. The summed E-state index contributed by atoms with van der Waals surface area (Å²) in [4.78, 5) is 15.9. The van der Waals surface area contributed by atoms with Gasteiger partial charge in [0, 0.05) is 26.4 Å². The Morgan fingerprint density at radius 2 is 1.77 bits per heavy atom. The molecule has 0 atom stereocenters. The van der Waals surface area contributed by atoms with Crippen molar-refractivity contribution < 1.29 is 4.79 Å². The minimum absolute atomic E-state index is 0.0119. The van der Waals surface area contributed by atoms with Crippen LogP contribution in [0.5, 0.6) is 0 Å². The first-order chi connectivity index (χ1) is 12.7. The van der Waals surface area contributed by atoms with Crippen molar-refractivity contribution in [1.29, 1.82) is 0 Å². The van der Waals surface area contributed by atoms with Gasteiger partial charge in [0.1, 0.15) is 5.82 Å². The van der Waals surface area contributed by atoms with Crippen LogP contribution in [0.3, 0.4) is 0 Å². The summed E-state index contributed by atoms with van der Waals surface area (Å²) < 4.78 is 2.25. The third kappa shape index (κ3) is 3.31. The molecule has 1 aromatic heterocycles. The lowest BCUT2D eigenvalue weighted by atomic mass is 10.1. The maximum atomic E-state index is 11.2. The summed E-state index contributed by atoms with van der Waals surface area (Å²) in [5.41, 5.74) is 3.36. The minimum atomic E-state index is -0.0119. The average molecular weight is 343 g/mol. The molecule has 0 unspecified atom stereocenters. The number of carbonyl (C=O) groups excluding carboxylic acids is 1. The van der Waals surface area contributed by atoms with Crippen molar-refractivity contribution in [2.75, 3.05) is 6.54 Å². The van der Waals surface area contributed by atoms with Crippen LogP contribution in [-0.2, 0) is 17.8 Å². The second kappa shape index (κ2) is 7.00. The second-order valence-corrected chi connectivity index (χ2v) is 6.52. The van der Waals surface area contributed by atoms with Crippen LogP contribution in [0.15, 0.2) is 66.7 Å². The molecule has 4 aromatic rings. The molecule has 0 radical (unpaired) electrons. The fraction of sp³-hybridized carbons (Fsp3) is 0.182. The van der Waals surface area contributed by atoms with E-state index in [2.05, 4.69) is 58.4 Å². The number of amides is 1. The molecule has 0 fully saturated rings. The number of benzene rings is 3. The predicted octanol–water partition coefficient (Wildman–Crippen LogP) is 3.92. The van der Waals surface area contributed by atoms with Crippen molar-refractivity contribution in [3.63, 3.8) is 0 Å². The SMILES string of the molecule is CC(=O)NCCc1nc2ccccc2n1Cc1ccc2ccccc2c1. The van der Waals surface area contributed by atoms with Gasteiger partial charge in [-0.1, -0.05) is 48.5 Å². The van der Waals surface area contributed by atoms with Crippen molar-refractivity contribution >= 4 is 27.7 Å². The van der Waals surface area contributed by atoms with Gasteiger partial charge in [0.25, 0.3) is 0 Å². The maximum Gasteiger partial charge on any atom is 0.216 e. The van der Waals surface area contributed by atoms with E-state index in [1.165, 1.54) is 23.3 Å². The zero-order valence-electron chi connectivity index (χ0n) is 14.8. The molecular weight excluding hydrogens is 322 g/mol. The molecule has 4 nitrogen and oxygen atoms in total. The van der Waals surface area contributed by atoms with Crippen LogP contribution in [0.1, 0.15) is 18.3 Å². The zero-order valence-corrected chi connectivity index (χ0v) is 14.8. The Balaban J connectivity index is 1.69. The summed E-state index contributed by atoms with van der Waals surface area (Å²) in [5, 5.41) is 5.35. The third-order valence-electron chi connectivity index (χ3n) is 4.61. The minimum Gasteiger partial charge on any atom is -0.356 e. The molecule has 0 saturated carbocycles. The van der Waals surface area contributed by atoms with E-state index in [0.29, 0.717) is 13.0 Å². The lowest BCUT2D eigenvalue weighted by Crippen LogP contribution is -2.23. The molecule has 130 valence electrons. The molecule has 0 aliphatic carbocycles. The zero-order chi connectivity index (χ0) is 17.9. The highest BCUT2D eigenvalue weighted by Gasteiger charge is 2.11. The van der Waals surface area contributed by atoms with E-state index >= 15 is 0 Å². The Bertz CT molecular complexity index is 1080. The van der Waals surface area contributed by atoms with Crippen LogP contribution in [0.2, 0.25) is 0 Å². The average Bonchev–Trinajstić information content (AvgIpc) is 2.99. The highest BCUT2D eigenvalue weighted by atomic mass is 16.1. The number of fused-ring (bicyclic) bond motifs is 2. The number of imidazole rings is 1. The van der Waals surface area contributed by atoms with E-state index in [0.717, 1.165) is 23.4 Å². The maximum absolute atomic E-state index is 11.2. The molecule has 0 bridgehead atoms. The van der Waals surface area contributed by atoms with E-state index in [1.54, 1.807) is 0 Å². The standard InChI is InChI=1S/C22H21N3O/c1-16(26)23-13-12-22-24-20-8-4-5-9-21(20)25(22)15-17-10-11-18-6-2-3-7-19(18)14-17/h2-11,14H,12-13,15H2,1H3,(H,23,26). The monoisotopic (exact) mass is 343 g/mol.